The first-order chi connectivity index (χ1) is 8.25. The van der Waals surface area contributed by atoms with Crippen LogP contribution in [0.15, 0.2) is 12.4 Å². The van der Waals surface area contributed by atoms with E-state index in [2.05, 4.69) is 29.1 Å². The highest BCUT2D eigenvalue weighted by molar-refractivity contribution is 5.25. The van der Waals surface area contributed by atoms with Gasteiger partial charge in [-0.25, -0.2) is 9.97 Å². The minimum absolute atomic E-state index is 0.317. The fraction of sp³-hybridized carbons (Fsp3) is 0.692. The normalized spacial score (nSPS) is 20.5. The Kier molecular flexibility index (Phi) is 4.31. The number of nitrogens with zero attached hydrogens (tertiary/aromatic N) is 2. The summed E-state index contributed by atoms with van der Waals surface area (Å²) in [6, 6.07) is 0. The molecule has 0 aromatic carbocycles. The lowest BCUT2D eigenvalue weighted by Crippen LogP contribution is -2.27. The lowest BCUT2D eigenvalue weighted by Gasteiger charge is -2.22. The highest BCUT2D eigenvalue weighted by Crippen LogP contribution is 2.14. The van der Waals surface area contributed by atoms with Gasteiger partial charge in [-0.3, -0.25) is 0 Å². The molecule has 0 spiro atoms. The number of hydrogen-bond donors (Lipinski definition) is 1. The minimum Gasteiger partial charge on any atom is -0.376 e. The van der Waals surface area contributed by atoms with E-state index in [0.717, 1.165) is 19.6 Å². The van der Waals surface area contributed by atoms with Crippen molar-refractivity contribution in [1.82, 2.24) is 9.97 Å². The standard InChI is InChI=1S/C13H21N3O/c1-10(2)11-7-14-13(15-8-11)16-9-12-5-3-4-6-17-12/h7-8,10,12H,3-6,9H2,1-2H3,(H,14,15,16). The minimum atomic E-state index is 0.317. The van der Waals surface area contributed by atoms with Crippen LogP contribution in [0, 0.1) is 0 Å². The van der Waals surface area contributed by atoms with E-state index >= 15 is 0 Å². The van der Waals surface area contributed by atoms with Gasteiger partial charge in [0.05, 0.1) is 6.10 Å². The fourth-order valence-corrected chi connectivity index (χ4v) is 1.90. The Balaban J connectivity index is 1.82. The molecule has 1 aromatic rings. The molecule has 94 valence electrons. The summed E-state index contributed by atoms with van der Waals surface area (Å²) in [7, 11) is 0. The van der Waals surface area contributed by atoms with Crippen LogP contribution in [0.4, 0.5) is 5.95 Å². The van der Waals surface area contributed by atoms with E-state index in [1.807, 2.05) is 12.4 Å². The second-order valence-corrected chi connectivity index (χ2v) is 4.86. The van der Waals surface area contributed by atoms with E-state index in [1.54, 1.807) is 0 Å². The third-order valence-electron chi connectivity index (χ3n) is 3.10. The average molecular weight is 235 g/mol. The molecule has 0 saturated carbocycles. The van der Waals surface area contributed by atoms with Crippen molar-refractivity contribution in [1.29, 1.82) is 0 Å². The van der Waals surface area contributed by atoms with E-state index in [-0.39, 0.29) is 0 Å². The SMILES string of the molecule is CC(C)c1cnc(NCC2CCCCO2)nc1. The first kappa shape index (κ1) is 12.3. The molecular formula is C13H21N3O. The summed E-state index contributed by atoms with van der Waals surface area (Å²) in [6.07, 6.45) is 7.69. The van der Waals surface area contributed by atoms with Crippen LogP contribution < -0.4 is 5.32 Å². The van der Waals surface area contributed by atoms with Crippen molar-refractivity contribution in [3.8, 4) is 0 Å². The lowest BCUT2D eigenvalue weighted by atomic mass is 10.1. The number of ether oxygens (including phenoxy) is 1. The van der Waals surface area contributed by atoms with Crippen LogP contribution in [0.5, 0.6) is 0 Å². The Labute approximate surface area is 103 Å². The van der Waals surface area contributed by atoms with Crippen molar-refractivity contribution in [3.63, 3.8) is 0 Å². The van der Waals surface area contributed by atoms with Gasteiger partial charge in [0.1, 0.15) is 0 Å². The van der Waals surface area contributed by atoms with E-state index in [4.69, 9.17) is 4.74 Å². The summed E-state index contributed by atoms with van der Waals surface area (Å²) < 4.78 is 5.64. The number of rotatable bonds is 4. The third-order valence-corrected chi connectivity index (χ3v) is 3.10. The van der Waals surface area contributed by atoms with Gasteiger partial charge in [-0.15, -0.1) is 0 Å². The van der Waals surface area contributed by atoms with Gasteiger partial charge < -0.3 is 10.1 Å². The molecule has 2 heterocycles. The Bertz CT molecular complexity index is 331. The molecule has 0 radical (unpaired) electrons. The summed E-state index contributed by atoms with van der Waals surface area (Å²) >= 11 is 0. The van der Waals surface area contributed by atoms with E-state index < -0.39 is 0 Å². The molecule has 0 bridgehead atoms. The zero-order valence-electron chi connectivity index (χ0n) is 10.6. The van der Waals surface area contributed by atoms with Crippen molar-refractivity contribution in [2.24, 2.45) is 0 Å². The first-order valence-corrected chi connectivity index (χ1v) is 6.43. The maximum Gasteiger partial charge on any atom is 0.222 e. The summed E-state index contributed by atoms with van der Waals surface area (Å²) in [6.45, 7) is 5.98. The Morgan fingerprint density at radius 1 is 1.35 bits per heavy atom. The first-order valence-electron chi connectivity index (χ1n) is 6.43. The van der Waals surface area contributed by atoms with Gasteiger partial charge >= 0.3 is 0 Å². The topological polar surface area (TPSA) is 47.0 Å². The van der Waals surface area contributed by atoms with Gasteiger partial charge in [0, 0.05) is 25.5 Å². The molecule has 2 rings (SSSR count). The smallest absolute Gasteiger partial charge is 0.222 e. The third kappa shape index (κ3) is 3.66. The molecule has 0 amide bonds. The predicted molar refractivity (Wildman–Crippen MR) is 68.2 cm³/mol. The molecule has 1 aromatic heterocycles. The largest absolute Gasteiger partial charge is 0.376 e. The van der Waals surface area contributed by atoms with Crippen LogP contribution in [0.25, 0.3) is 0 Å². The van der Waals surface area contributed by atoms with Crippen LogP contribution in [-0.4, -0.2) is 29.2 Å². The monoisotopic (exact) mass is 235 g/mol. The summed E-state index contributed by atoms with van der Waals surface area (Å²) in [5.41, 5.74) is 1.17. The summed E-state index contributed by atoms with van der Waals surface area (Å²) in [5, 5.41) is 3.23. The van der Waals surface area contributed by atoms with Crippen molar-refractivity contribution >= 4 is 5.95 Å². The maximum absolute atomic E-state index is 5.64. The highest BCUT2D eigenvalue weighted by Gasteiger charge is 2.13. The number of nitrogens with one attached hydrogen (secondary N) is 1. The molecule has 1 saturated heterocycles. The molecule has 1 atom stereocenters. The number of aromatic nitrogens is 2. The second kappa shape index (κ2) is 5.96. The molecule has 1 fully saturated rings. The van der Waals surface area contributed by atoms with Crippen molar-refractivity contribution in [2.75, 3.05) is 18.5 Å². The fourth-order valence-electron chi connectivity index (χ4n) is 1.90. The van der Waals surface area contributed by atoms with Crippen molar-refractivity contribution < 1.29 is 4.74 Å². The van der Waals surface area contributed by atoms with E-state index in [1.165, 1.54) is 18.4 Å². The molecule has 1 N–H and O–H groups in total. The van der Waals surface area contributed by atoms with Gasteiger partial charge in [0.25, 0.3) is 0 Å². The van der Waals surface area contributed by atoms with Crippen LogP contribution in [0.1, 0.15) is 44.6 Å². The van der Waals surface area contributed by atoms with Crippen molar-refractivity contribution in [3.05, 3.63) is 18.0 Å². The molecule has 1 unspecified atom stereocenters. The number of hydrogen-bond acceptors (Lipinski definition) is 4. The quantitative estimate of drug-likeness (QED) is 0.871. The highest BCUT2D eigenvalue weighted by atomic mass is 16.5. The average Bonchev–Trinajstić information content (AvgIpc) is 2.38. The Morgan fingerprint density at radius 2 is 2.12 bits per heavy atom. The lowest BCUT2D eigenvalue weighted by molar-refractivity contribution is 0.0246. The second-order valence-electron chi connectivity index (χ2n) is 4.86. The van der Waals surface area contributed by atoms with E-state index in [0.29, 0.717) is 18.0 Å². The van der Waals surface area contributed by atoms with Gasteiger partial charge in [-0.05, 0) is 30.7 Å². The maximum atomic E-state index is 5.64. The molecular weight excluding hydrogens is 214 g/mol. The van der Waals surface area contributed by atoms with Crippen LogP contribution >= 0.6 is 0 Å². The molecule has 17 heavy (non-hydrogen) atoms. The Hall–Kier alpha value is -1.16. The zero-order valence-corrected chi connectivity index (χ0v) is 10.6. The number of anilines is 1. The van der Waals surface area contributed by atoms with Gasteiger partial charge in [0.15, 0.2) is 0 Å². The van der Waals surface area contributed by atoms with E-state index in [9.17, 15) is 0 Å². The van der Waals surface area contributed by atoms with Crippen LogP contribution in [-0.2, 0) is 4.74 Å². The molecule has 0 aliphatic carbocycles. The van der Waals surface area contributed by atoms with Crippen LogP contribution in [0.3, 0.4) is 0 Å². The summed E-state index contributed by atoms with van der Waals surface area (Å²) in [5.74, 6) is 1.18. The molecule has 4 heteroatoms. The Morgan fingerprint density at radius 3 is 2.71 bits per heavy atom. The van der Waals surface area contributed by atoms with Crippen molar-refractivity contribution in [2.45, 2.75) is 45.1 Å². The predicted octanol–water partition coefficient (Wildman–Crippen LogP) is 2.58. The molecule has 1 aliphatic heterocycles. The van der Waals surface area contributed by atoms with Crippen LogP contribution in [0.2, 0.25) is 0 Å². The van der Waals surface area contributed by atoms with Gasteiger partial charge in [0.2, 0.25) is 5.95 Å². The van der Waals surface area contributed by atoms with Gasteiger partial charge in [-0.2, -0.15) is 0 Å². The zero-order chi connectivity index (χ0) is 12.1. The van der Waals surface area contributed by atoms with Gasteiger partial charge in [-0.1, -0.05) is 13.8 Å². The molecule has 1 aliphatic rings. The molecule has 4 nitrogen and oxygen atoms in total. The summed E-state index contributed by atoms with van der Waals surface area (Å²) in [4.78, 5) is 8.61.